The van der Waals surface area contributed by atoms with Crippen molar-refractivity contribution in [3.63, 3.8) is 0 Å². The fraction of sp³-hybridized carbons (Fsp3) is 0.273. The van der Waals surface area contributed by atoms with Gasteiger partial charge in [0.2, 0.25) is 0 Å². The zero-order valence-corrected chi connectivity index (χ0v) is 8.23. The summed E-state index contributed by atoms with van der Waals surface area (Å²) in [6.07, 6.45) is 2.91. The van der Waals surface area contributed by atoms with E-state index in [9.17, 15) is 4.79 Å². The van der Waals surface area contributed by atoms with E-state index >= 15 is 0 Å². The van der Waals surface area contributed by atoms with Crippen molar-refractivity contribution >= 4 is 0 Å². The topological polar surface area (TPSA) is 50.7 Å². The number of aromatic nitrogens is 3. The second-order valence-electron chi connectivity index (χ2n) is 3.76. The smallest absolute Gasteiger partial charge is 0.247 e. The average molecular weight is 201 g/mol. The first kappa shape index (κ1) is 8.47. The highest BCUT2D eigenvalue weighted by atomic mass is 16.1. The third kappa shape index (κ3) is 1.21. The van der Waals surface area contributed by atoms with Crippen LogP contribution >= 0.6 is 0 Å². The van der Waals surface area contributed by atoms with Gasteiger partial charge in [0.25, 0.3) is 0 Å². The summed E-state index contributed by atoms with van der Waals surface area (Å²) in [6, 6.07) is 8.01. The van der Waals surface area contributed by atoms with Crippen LogP contribution in [0, 0.1) is 0 Å². The van der Waals surface area contributed by atoms with Crippen LogP contribution in [0.1, 0.15) is 17.8 Å². The lowest BCUT2D eigenvalue weighted by Crippen LogP contribution is -2.16. The SMILES string of the molecule is O=c1[nH]nc2n1-c1ccccc1CCC2. The molecule has 3 rings (SSSR count). The fourth-order valence-electron chi connectivity index (χ4n) is 2.12. The lowest BCUT2D eigenvalue weighted by atomic mass is 10.1. The van der Waals surface area contributed by atoms with Crippen molar-refractivity contribution in [2.45, 2.75) is 19.3 Å². The molecular weight excluding hydrogens is 190 g/mol. The van der Waals surface area contributed by atoms with Crippen LogP contribution < -0.4 is 5.69 Å². The molecule has 0 bridgehead atoms. The summed E-state index contributed by atoms with van der Waals surface area (Å²) in [6.45, 7) is 0. The molecule has 1 aromatic heterocycles. The van der Waals surface area contributed by atoms with E-state index < -0.39 is 0 Å². The highest BCUT2D eigenvalue weighted by Crippen LogP contribution is 2.20. The van der Waals surface area contributed by atoms with E-state index in [0.29, 0.717) is 0 Å². The van der Waals surface area contributed by atoms with Crippen LogP contribution in [0.25, 0.3) is 5.69 Å². The number of nitrogens with zero attached hydrogens (tertiary/aromatic N) is 2. The molecule has 2 heterocycles. The van der Waals surface area contributed by atoms with Crippen LogP contribution in [0.3, 0.4) is 0 Å². The van der Waals surface area contributed by atoms with Gasteiger partial charge in [0.1, 0.15) is 5.82 Å². The molecule has 15 heavy (non-hydrogen) atoms. The number of benzene rings is 1. The van der Waals surface area contributed by atoms with E-state index in [1.54, 1.807) is 4.57 Å². The monoisotopic (exact) mass is 201 g/mol. The summed E-state index contributed by atoms with van der Waals surface area (Å²) in [5, 5.41) is 6.55. The Morgan fingerprint density at radius 1 is 1.27 bits per heavy atom. The molecule has 4 nitrogen and oxygen atoms in total. The van der Waals surface area contributed by atoms with Gasteiger partial charge in [-0.15, -0.1) is 0 Å². The molecule has 0 fully saturated rings. The van der Waals surface area contributed by atoms with Crippen LogP contribution in [-0.2, 0) is 12.8 Å². The quantitative estimate of drug-likeness (QED) is 0.692. The Bertz CT molecular complexity index is 553. The molecule has 2 aromatic rings. The zero-order chi connectivity index (χ0) is 10.3. The van der Waals surface area contributed by atoms with Crippen molar-refractivity contribution in [3.8, 4) is 5.69 Å². The molecule has 4 heteroatoms. The van der Waals surface area contributed by atoms with Crippen molar-refractivity contribution < 1.29 is 0 Å². The first-order valence-electron chi connectivity index (χ1n) is 5.11. The highest BCUT2D eigenvalue weighted by molar-refractivity contribution is 5.42. The van der Waals surface area contributed by atoms with Gasteiger partial charge >= 0.3 is 5.69 Å². The fourth-order valence-corrected chi connectivity index (χ4v) is 2.12. The Kier molecular flexibility index (Phi) is 1.74. The van der Waals surface area contributed by atoms with Gasteiger partial charge < -0.3 is 0 Å². The Labute approximate surface area is 86.6 Å². The molecule has 1 aliphatic heterocycles. The van der Waals surface area contributed by atoms with E-state index in [1.165, 1.54) is 5.56 Å². The third-order valence-corrected chi connectivity index (χ3v) is 2.82. The molecule has 0 atom stereocenters. The van der Waals surface area contributed by atoms with Crippen molar-refractivity contribution in [3.05, 3.63) is 46.1 Å². The van der Waals surface area contributed by atoms with Gasteiger partial charge in [-0.05, 0) is 24.5 Å². The molecule has 0 amide bonds. The van der Waals surface area contributed by atoms with Crippen molar-refractivity contribution in [2.75, 3.05) is 0 Å². The summed E-state index contributed by atoms with van der Waals surface area (Å²) >= 11 is 0. The second kappa shape index (κ2) is 3.08. The molecule has 1 N–H and O–H groups in total. The number of para-hydroxylation sites is 1. The number of nitrogens with one attached hydrogen (secondary N) is 1. The lowest BCUT2D eigenvalue weighted by Gasteiger charge is -2.05. The van der Waals surface area contributed by atoms with Gasteiger partial charge in [0.05, 0.1) is 5.69 Å². The summed E-state index contributed by atoms with van der Waals surface area (Å²) in [5.74, 6) is 0.838. The molecule has 0 saturated carbocycles. The molecule has 1 aromatic carbocycles. The van der Waals surface area contributed by atoms with Gasteiger partial charge in [-0.1, -0.05) is 18.2 Å². The number of hydrogen-bond acceptors (Lipinski definition) is 2. The molecule has 0 saturated heterocycles. The maximum Gasteiger partial charge on any atom is 0.347 e. The van der Waals surface area contributed by atoms with Gasteiger partial charge in [0.15, 0.2) is 0 Å². The van der Waals surface area contributed by atoms with E-state index in [4.69, 9.17) is 0 Å². The summed E-state index contributed by atoms with van der Waals surface area (Å²) in [4.78, 5) is 11.6. The number of aryl methyl sites for hydroxylation is 2. The summed E-state index contributed by atoms with van der Waals surface area (Å²) < 4.78 is 1.68. The number of H-pyrrole nitrogens is 1. The first-order chi connectivity index (χ1) is 7.36. The van der Waals surface area contributed by atoms with E-state index in [2.05, 4.69) is 16.3 Å². The predicted octanol–water partition coefficient (Wildman–Crippen LogP) is 1.05. The van der Waals surface area contributed by atoms with Gasteiger partial charge in [-0.25, -0.2) is 14.5 Å². The van der Waals surface area contributed by atoms with Gasteiger partial charge in [-0.3, -0.25) is 0 Å². The molecule has 0 unspecified atom stereocenters. The lowest BCUT2D eigenvalue weighted by molar-refractivity contribution is 0.782. The van der Waals surface area contributed by atoms with Crippen molar-refractivity contribution in [1.82, 2.24) is 14.8 Å². The largest absolute Gasteiger partial charge is 0.347 e. The molecule has 0 spiro atoms. The predicted molar refractivity (Wildman–Crippen MR) is 56.2 cm³/mol. The van der Waals surface area contributed by atoms with Crippen LogP contribution in [-0.4, -0.2) is 14.8 Å². The van der Waals surface area contributed by atoms with E-state index in [0.717, 1.165) is 30.8 Å². The summed E-state index contributed by atoms with van der Waals surface area (Å²) in [7, 11) is 0. The normalized spacial score (nSPS) is 14.1. The standard InChI is InChI=1S/C11H11N3O/c15-11-13-12-10-7-3-5-8-4-1-2-6-9(8)14(10)11/h1-2,4,6H,3,5,7H2,(H,13,15). The maximum atomic E-state index is 11.6. The van der Waals surface area contributed by atoms with E-state index in [-0.39, 0.29) is 5.69 Å². The number of hydrogen-bond donors (Lipinski definition) is 1. The van der Waals surface area contributed by atoms with Crippen molar-refractivity contribution in [1.29, 1.82) is 0 Å². The van der Waals surface area contributed by atoms with Crippen LogP contribution in [0.15, 0.2) is 29.1 Å². The van der Waals surface area contributed by atoms with Gasteiger partial charge in [-0.2, -0.15) is 5.10 Å². The summed E-state index contributed by atoms with van der Waals surface area (Å²) in [5.41, 5.74) is 2.06. The second-order valence-corrected chi connectivity index (χ2v) is 3.76. The molecular formula is C11H11N3O. The zero-order valence-electron chi connectivity index (χ0n) is 8.23. The van der Waals surface area contributed by atoms with Crippen molar-refractivity contribution in [2.24, 2.45) is 0 Å². The van der Waals surface area contributed by atoms with Crippen LogP contribution in [0.4, 0.5) is 0 Å². The maximum absolute atomic E-state index is 11.6. The minimum absolute atomic E-state index is 0.139. The first-order valence-corrected chi connectivity index (χ1v) is 5.11. The van der Waals surface area contributed by atoms with Gasteiger partial charge in [0, 0.05) is 6.42 Å². The minimum atomic E-state index is -0.139. The minimum Gasteiger partial charge on any atom is -0.247 e. The molecule has 0 aliphatic carbocycles. The highest BCUT2D eigenvalue weighted by Gasteiger charge is 2.16. The average Bonchev–Trinajstić information content (AvgIpc) is 2.52. The Balaban J connectivity index is 2.35. The number of rotatable bonds is 0. The Hall–Kier alpha value is -1.84. The molecule has 0 radical (unpaired) electrons. The number of fused-ring (bicyclic) bond motifs is 3. The van der Waals surface area contributed by atoms with Crippen LogP contribution in [0.2, 0.25) is 0 Å². The number of aromatic amines is 1. The molecule has 76 valence electrons. The molecule has 1 aliphatic rings. The Morgan fingerprint density at radius 2 is 2.13 bits per heavy atom. The third-order valence-electron chi connectivity index (χ3n) is 2.82. The van der Waals surface area contributed by atoms with E-state index in [1.807, 2.05) is 18.2 Å². The van der Waals surface area contributed by atoms with Crippen LogP contribution in [0.5, 0.6) is 0 Å². The Morgan fingerprint density at radius 3 is 3.07 bits per heavy atom.